The van der Waals surface area contributed by atoms with Crippen molar-refractivity contribution in [3.8, 4) is 11.5 Å². The Hall–Kier alpha value is -2.88. The summed E-state index contributed by atoms with van der Waals surface area (Å²) in [6, 6.07) is 18.1. The van der Waals surface area contributed by atoms with E-state index in [1.54, 1.807) is 25.6 Å². The zero-order valence-electron chi connectivity index (χ0n) is 13.7. The molecule has 122 valence electrons. The van der Waals surface area contributed by atoms with Gasteiger partial charge in [-0.3, -0.25) is 0 Å². The standard InChI is InChI=1S/C20H20N2O2/c1-23-18-8-4-6-16(14-18)10-11-17-7-2-3-9-19(17)24-15-20-21-12-5-13-22-20/h2-9,12-14H,10-11,15H2,1H3. The molecule has 0 bridgehead atoms. The molecule has 0 N–H and O–H groups in total. The van der Waals surface area contributed by atoms with Crippen LogP contribution in [0.5, 0.6) is 11.5 Å². The van der Waals surface area contributed by atoms with Gasteiger partial charge in [0.15, 0.2) is 5.82 Å². The summed E-state index contributed by atoms with van der Waals surface area (Å²) in [4.78, 5) is 8.37. The predicted molar refractivity (Wildman–Crippen MR) is 93.2 cm³/mol. The Labute approximate surface area is 142 Å². The number of aromatic nitrogens is 2. The Kier molecular flexibility index (Phi) is 5.40. The fraction of sp³-hybridized carbons (Fsp3) is 0.200. The molecule has 1 aromatic heterocycles. The third-order valence-electron chi connectivity index (χ3n) is 3.77. The van der Waals surface area contributed by atoms with Crippen molar-refractivity contribution in [2.45, 2.75) is 19.4 Å². The molecule has 0 amide bonds. The first-order valence-electron chi connectivity index (χ1n) is 7.94. The van der Waals surface area contributed by atoms with Crippen molar-refractivity contribution in [1.82, 2.24) is 9.97 Å². The lowest BCUT2D eigenvalue weighted by molar-refractivity contribution is 0.292. The van der Waals surface area contributed by atoms with Gasteiger partial charge in [-0.05, 0) is 48.2 Å². The van der Waals surface area contributed by atoms with Crippen molar-refractivity contribution in [2.75, 3.05) is 7.11 Å². The van der Waals surface area contributed by atoms with E-state index in [1.807, 2.05) is 30.3 Å². The molecular formula is C20H20N2O2. The van der Waals surface area contributed by atoms with Gasteiger partial charge in [-0.2, -0.15) is 0 Å². The van der Waals surface area contributed by atoms with E-state index in [-0.39, 0.29) is 0 Å². The van der Waals surface area contributed by atoms with Crippen LogP contribution in [0.2, 0.25) is 0 Å². The highest BCUT2D eigenvalue weighted by atomic mass is 16.5. The topological polar surface area (TPSA) is 44.2 Å². The summed E-state index contributed by atoms with van der Waals surface area (Å²) in [5.74, 6) is 2.45. The van der Waals surface area contributed by atoms with Crippen LogP contribution in [0.15, 0.2) is 67.0 Å². The summed E-state index contributed by atoms with van der Waals surface area (Å²) in [6.07, 6.45) is 5.28. The minimum atomic E-state index is 0.372. The Balaban J connectivity index is 1.65. The van der Waals surface area contributed by atoms with E-state index in [0.717, 1.165) is 24.3 Å². The number of hydrogen-bond acceptors (Lipinski definition) is 4. The first-order valence-corrected chi connectivity index (χ1v) is 7.94. The molecule has 2 aromatic carbocycles. The van der Waals surface area contributed by atoms with Crippen molar-refractivity contribution in [3.05, 3.63) is 83.9 Å². The van der Waals surface area contributed by atoms with E-state index in [1.165, 1.54) is 11.1 Å². The second kappa shape index (κ2) is 8.11. The highest BCUT2D eigenvalue weighted by Gasteiger charge is 2.05. The van der Waals surface area contributed by atoms with Crippen molar-refractivity contribution in [3.63, 3.8) is 0 Å². The van der Waals surface area contributed by atoms with E-state index in [2.05, 4.69) is 28.2 Å². The van der Waals surface area contributed by atoms with Crippen LogP contribution in [0.3, 0.4) is 0 Å². The fourth-order valence-electron chi connectivity index (χ4n) is 2.50. The first kappa shape index (κ1) is 16.0. The van der Waals surface area contributed by atoms with Crippen molar-refractivity contribution < 1.29 is 9.47 Å². The number of para-hydroxylation sites is 1. The van der Waals surface area contributed by atoms with Gasteiger partial charge in [0, 0.05) is 12.4 Å². The maximum Gasteiger partial charge on any atom is 0.166 e. The number of nitrogens with zero attached hydrogens (tertiary/aromatic N) is 2. The van der Waals surface area contributed by atoms with E-state index >= 15 is 0 Å². The van der Waals surface area contributed by atoms with Crippen LogP contribution in [0.25, 0.3) is 0 Å². The van der Waals surface area contributed by atoms with Crippen LogP contribution in [-0.4, -0.2) is 17.1 Å². The van der Waals surface area contributed by atoms with E-state index in [0.29, 0.717) is 12.4 Å². The van der Waals surface area contributed by atoms with Gasteiger partial charge in [0.1, 0.15) is 18.1 Å². The SMILES string of the molecule is COc1cccc(CCc2ccccc2OCc2ncccn2)c1. The third-order valence-corrected chi connectivity index (χ3v) is 3.77. The predicted octanol–water partition coefficient (Wildman–Crippen LogP) is 3.85. The van der Waals surface area contributed by atoms with Gasteiger partial charge in [0.25, 0.3) is 0 Å². The van der Waals surface area contributed by atoms with Gasteiger partial charge in [-0.1, -0.05) is 30.3 Å². The van der Waals surface area contributed by atoms with Gasteiger partial charge in [0.05, 0.1) is 7.11 Å². The normalized spacial score (nSPS) is 10.4. The lowest BCUT2D eigenvalue weighted by Crippen LogP contribution is -2.03. The molecule has 1 heterocycles. The van der Waals surface area contributed by atoms with Gasteiger partial charge >= 0.3 is 0 Å². The Morgan fingerprint density at radius 1 is 0.875 bits per heavy atom. The molecule has 0 aliphatic rings. The number of hydrogen-bond donors (Lipinski definition) is 0. The lowest BCUT2D eigenvalue weighted by atomic mass is 10.0. The number of rotatable bonds is 7. The molecule has 0 unspecified atom stereocenters. The van der Waals surface area contributed by atoms with E-state index in [9.17, 15) is 0 Å². The molecule has 0 fully saturated rings. The molecule has 3 aromatic rings. The Bertz CT molecular complexity index is 775. The molecule has 4 nitrogen and oxygen atoms in total. The summed E-state index contributed by atoms with van der Waals surface area (Å²) in [5.41, 5.74) is 2.42. The molecular weight excluding hydrogens is 300 g/mol. The first-order chi connectivity index (χ1) is 11.8. The van der Waals surface area contributed by atoms with Crippen LogP contribution in [-0.2, 0) is 19.4 Å². The average molecular weight is 320 g/mol. The summed E-state index contributed by atoms with van der Waals surface area (Å²) < 4.78 is 11.2. The number of aryl methyl sites for hydroxylation is 2. The fourth-order valence-corrected chi connectivity index (χ4v) is 2.50. The quantitative estimate of drug-likeness (QED) is 0.663. The smallest absolute Gasteiger partial charge is 0.166 e. The van der Waals surface area contributed by atoms with Crippen LogP contribution < -0.4 is 9.47 Å². The van der Waals surface area contributed by atoms with Crippen molar-refractivity contribution >= 4 is 0 Å². The van der Waals surface area contributed by atoms with Crippen LogP contribution >= 0.6 is 0 Å². The summed E-state index contributed by atoms with van der Waals surface area (Å²) >= 11 is 0. The molecule has 0 radical (unpaired) electrons. The van der Waals surface area contributed by atoms with Crippen LogP contribution in [0.4, 0.5) is 0 Å². The highest BCUT2D eigenvalue weighted by molar-refractivity contribution is 5.35. The minimum absolute atomic E-state index is 0.372. The Morgan fingerprint density at radius 2 is 1.71 bits per heavy atom. The maximum absolute atomic E-state index is 5.91. The Morgan fingerprint density at radius 3 is 2.54 bits per heavy atom. The second-order valence-electron chi connectivity index (χ2n) is 5.41. The van der Waals surface area contributed by atoms with Gasteiger partial charge in [-0.25, -0.2) is 9.97 Å². The average Bonchev–Trinajstić information content (AvgIpc) is 2.66. The zero-order chi connectivity index (χ0) is 16.6. The van der Waals surface area contributed by atoms with Crippen LogP contribution in [0.1, 0.15) is 17.0 Å². The number of benzene rings is 2. The highest BCUT2D eigenvalue weighted by Crippen LogP contribution is 2.22. The molecule has 0 aliphatic carbocycles. The molecule has 0 spiro atoms. The van der Waals surface area contributed by atoms with Crippen molar-refractivity contribution in [2.24, 2.45) is 0 Å². The minimum Gasteiger partial charge on any atom is -0.497 e. The van der Waals surface area contributed by atoms with Gasteiger partial charge < -0.3 is 9.47 Å². The molecule has 24 heavy (non-hydrogen) atoms. The van der Waals surface area contributed by atoms with E-state index in [4.69, 9.17) is 9.47 Å². The maximum atomic E-state index is 5.91. The monoisotopic (exact) mass is 320 g/mol. The largest absolute Gasteiger partial charge is 0.497 e. The molecule has 0 saturated carbocycles. The van der Waals surface area contributed by atoms with Crippen molar-refractivity contribution in [1.29, 1.82) is 0 Å². The summed E-state index contributed by atoms with van der Waals surface area (Å²) in [6.45, 7) is 0.372. The number of methoxy groups -OCH3 is 1. The molecule has 0 aliphatic heterocycles. The second-order valence-corrected chi connectivity index (χ2v) is 5.41. The third kappa shape index (κ3) is 4.32. The zero-order valence-corrected chi connectivity index (χ0v) is 13.7. The molecule has 0 saturated heterocycles. The van der Waals surface area contributed by atoms with Crippen LogP contribution in [0, 0.1) is 0 Å². The molecule has 0 atom stereocenters. The molecule has 4 heteroatoms. The number of ether oxygens (including phenoxy) is 2. The summed E-state index contributed by atoms with van der Waals surface area (Å²) in [5, 5.41) is 0. The van der Waals surface area contributed by atoms with Gasteiger partial charge in [0.2, 0.25) is 0 Å². The molecule has 3 rings (SSSR count). The van der Waals surface area contributed by atoms with E-state index < -0.39 is 0 Å². The lowest BCUT2D eigenvalue weighted by Gasteiger charge is -2.11. The summed E-state index contributed by atoms with van der Waals surface area (Å²) in [7, 11) is 1.69. The van der Waals surface area contributed by atoms with Gasteiger partial charge in [-0.15, -0.1) is 0 Å².